The van der Waals surface area contributed by atoms with E-state index in [0.717, 1.165) is 12.8 Å². The van der Waals surface area contributed by atoms with E-state index in [1.165, 1.54) is 23.3 Å². The number of aliphatic hydroxyl groups excluding tert-OH is 1. The number of aliphatic hydroxyl groups is 1. The Balaban J connectivity index is 1.75. The number of primary amides is 1. The molecule has 3 aromatic rings. The second-order valence-electron chi connectivity index (χ2n) is 7.94. The summed E-state index contributed by atoms with van der Waals surface area (Å²) in [7, 11) is 0. The molecule has 5 heteroatoms. The molecule has 0 aliphatic rings. The average Bonchev–Trinajstić information content (AvgIpc) is 2.78. The normalized spacial score (nSPS) is 13.1. The number of rotatable bonds is 10. The van der Waals surface area contributed by atoms with Gasteiger partial charge in [-0.3, -0.25) is 9.69 Å². The zero-order valence-corrected chi connectivity index (χ0v) is 17.8. The lowest BCUT2D eigenvalue weighted by Gasteiger charge is -2.31. The van der Waals surface area contributed by atoms with Crippen molar-refractivity contribution in [1.29, 1.82) is 0 Å². The molecule has 0 aliphatic carbocycles. The summed E-state index contributed by atoms with van der Waals surface area (Å²) in [6.45, 7) is 3.27. The highest BCUT2D eigenvalue weighted by molar-refractivity contribution is 5.95. The number of hydrogen-bond acceptors (Lipinski definition) is 4. The minimum atomic E-state index is -0.818. The van der Waals surface area contributed by atoms with Gasteiger partial charge in [0.2, 0.25) is 0 Å². The van der Waals surface area contributed by atoms with E-state index in [-0.39, 0.29) is 17.4 Å². The van der Waals surface area contributed by atoms with Gasteiger partial charge < -0.3 is 15.9 Å². The third-order valence-electron chi connectivity index (χ3n) is 5.62. The standard InChI is InChI=1S/C26H30N2O3/c1-19(12-13-20-8-4-2-5-9-20)28(17-21-10-6-3-7-11-21)18-25(30)22-14-15-24(29)23(16-22)26(27)31/h2-11,14-16,19,25,29-30H,12-13,17-18H2,1H3,(H2,27,31)/t19?,25-/m0/s1. The van der Waals surface area contributed by atoms with E-state index in [1.807, 2.05) is 36.4 Å². The maximum atomic E-state index is 11.6. The summed E-state index contributed by atoms with van der Waals surface area (Å²) in [6, 6.07) is 25.3. The first kappa shape index (κ1) is 22.5. The van der Waals surface area contributed by atoms with Crippen LogP contribution in [0.15, 0.2) is 78.9 Å². The van der Waals surface area contributed by atoms with Crippen LogP contribution in [0, 0.1) is 0 Å². The number of aryl methyl sites for hydroxylation is 1. The highest BCUT2D eigenvalue weighted by Crippen LogP contribution is 2.24. The lowest BCUT2D eigenvalue weighted by molar-refractivity contribution is 0.0832. The second-order valence-corrected chi connectivity index (χ2v) is 7.94. The molecule has 0 radical (unpaired) electrons. The molecule has 162 valence electrons. The molecule has 5 nitrogen and oxygen atoms in total. The summed E-state index contributed by atoms with van der Waals surface area (Å²) in [5, 5.41) is 20.8. The van der Waals surface area contributed by atoms with E-state index in [4.69, 9.17) is 5.73 Å². The van der Waals surface area contributed by atoms with Crippen LogP contribution in [-0.4, -0.2) is 33.6 Å². The largest absolute Gasteiger partial charge is 0.507 e. The van der Waals surface area contributed by atoms with Gasteiger partial charge in [-0.1, -0.05) is 66.7 Å². The van der Waals surface area contributed by atoms with Gasteiger partial charge >= 0.3 is 0 Å². The van der Waals surface area contributed by atoms with Gasteiger partial charge in [0.25, 0.3) is 5.91 Å². The quantitative estimate of drug-likeness (QED) is 0.464. The van der Waals surface area contributed by atoms with Crippen LogP contribution < -0.4 is 5.73 Å². The zero-order valence-electron chi connectivity index (χ0n) is 17.8. The lowest BCUT2D eigenvalue weighted by atomic mass is 10.0. The van der Waals surface area contributed by atoms with Crippen LogP contribution in [-0.2, 0) is 13.0 Å². The second kappa shape index (κ2) is 10.8. The average molecular weight is 419 g/mol. The molecule has 3 aromatic carbocycles. The maximum Gasteiger partial charge on any atom is 0.252 e. The van der Waals surface area contributed by atoms with E-state index in [1.54, 1.807) is 6.07 Å². The molecule has 2 atom stereocenters. The molecule has 0 aromatic heterocycles. The summed E-state index contributed by atoms with van der Waals surface area (Å²) in [4.78, 5) is 13.8. The van der Waals surface area contributed by atoms with E-state index >= 15 is 0 Å². The Bertz CT molecular complexity index is 976. The van der Waals surface area contributed by atoms with Crippen molar-refractivity contribution >= 4 is 5.91 Å². The van der Waals surface area contributed by atoms with Crippen molar-refractivity contribution in [1.82, 2.24) is 4.90 Å². The Morgan fingerprint density at radius 3 is 2.19 bits per heavy atom. The van der Waals surface area contributed by atoms with Gasteiger partial charge in [0.1, 0.15) is 5.75 Å². The first-order valence-electron chi connectivity index (χ1n) is 10.6. The SMILES string of the molecule is CC(CCc1ccccc1)N(Cc1ccccc1)C[C@H](O)c1ccc(O)c(C(N)=O)c1. The van der Waals surface area contributed by atoms with Gasteiger partial charge in [0, 0.05) is 19.1 Å². The molecule has 0 saturated carbocycles. The number of nitrogens with two attached hydrogens (primary N) is 1. The van der Waals surface area contributed by atoms with Crippen LogP contribution in [0.4, 0.5) is 0 Å². The van der Waals surface area contributed by atoms with Crippen LogP contribution in [0.25, 0.3) is 0 Å². The highest BCUT2D eigenvalue weighted by atomic mass is 16.3. The fraction of sp³-hybridized carbons (Fsp3) is 0.269. The molecular weight excluding hydrogens is 388 g/mol. The third-order valence-corrected chi connectivity index (χ3v) is 5.62. The monoisotopic (exact) mass is 418 g/mol. The smallest absolute Gasteiger partial charge is 0.252 e. The molecule has 0 heterocycles. The van der Waals surface area contributed by atoms with Gasteiger partial charge in [-0.05, 0) is 48.6 Å². The van der Waals surface area contributed by atoms with E-state index < -0.39 is 12.0 Å². The highest BCUT2D eigenvalue weighted by Gasteiger charge is 2.21. The molecule has 31 heavy (non-hydrogen) atoms. The Morgan fingerprint density at radius 2 is 1.58 bits per heavy atom. The summed E-state index contributed by atoms with van der Waals surface area (Å²) in [5.41, 5.74) is 8.37. The van der Waals surface area contributed by atoms with Crippen molar-refractivity contribution in [3.05, 3.63) is 101 Å². The molecule has 0 saturated heterocycles. The third kappa shape index (κ3) is 6.41. The first-order chi connectivity index (χ1) is 14.9. The minimum absolute atomic E-state index is 0.0169. The lowest BCUT2D eigenvalue weighted by Crippen LogP contribution is -2.36. The molecule has 1 unspecified atom stereocenters. The number of nitrogens with zero attached hydrogens (tertiary/aromatic N) is 1. The van der Waals surface area contributed by atoms with Crippen LogP contribution in [0.5, 0.6) is 5.75 Å². The summed E-state index contributed by atoms with van der Waals surface area (Å²) in [6.07, 6.45) is 1.08. The molecule has 4 N–H and O–H groups in total. The van der Waals surface area contributed by atoms with Crippen molar-refractivity contribution in [2.24, 2.45) is 5.73 Å². The van der Waals surface area contributed by atoms with Gasteiger partial charge in [0.15, 0.2) is 0 Å². The van der Waals surface area contributed by atoms with Crippen LogP contribution in [0.3, 0.4) is 0 Å². The summed E-state index contributed by atoms with van der Waals surface area (Å²) >= 11 is 0. The topological polar surface area (TPSA) is 86.8 Å². The van der Waals surface area contributed by atoms with Gasteiger partial charge in [-0.2, -0.15) is 0 Å². The predicted molar refractivity (Wildman–Crippen MR) is 123 cm³/mol. The number of carbonyl (C=O) groups is 1. The van der Waals surface area contributed by atoms with Crippen molar-refractivity contribution in [3.8, 4) is 5.75 Å². The first-order valence-corrected chi connectivity index (χ1v) is 10.6. The Hall–Kier alpha value is -3.15. The molecule has 0 aliphatic heterocycles. The molecule has 0 bridgehead atoms. The summed E-state index contributed by atoms with van der Waals surface area (Å²) < 4.78 is 0. The van der Waals surface area contributed by atoms with Crippen LogP contribution in [0.1, 0.15) is 46.5 Å². The van der Waals surface area contributed by atoms with Crippen LogP contribution in [0.2, 0.25) is 0 Å². The Morgan fingerprint density at radius 1 is 0.968 bits per heavy atom. The fourth-order valence-electron chi connectivity index (χ4n) is 3.71. The predicted octanol–water partition coefficient (Wildman–Crippen LogP) is 4.05. The molecule has 0 fully saturated rings. The number of hydrogen-bond donors (Lipinski definition) is 3. The van der Waals surface area contributed by atoms with E-state index in [9.17, 15) is 15.0 Å². The van der Waals surface area contributed by atoms with Crippen molar-refractivity contribution < 1.29 is 15.0 Å². The molecule has 1 amide bonds. The number of phenols is 1. The Labute approximate surface area is 183 Å². The van der Waals surface area contributed by atoms with Crippen LogP contribution >= 0.6 is 0 Å². The Kier molecular flexibility index (Phi) is 7.82. The summed E-state index contributed by atoms with van der Waals surface area (Å²) in [5.74, 6) is -0.898. The van der Waals surface area contributed by atoms with Crippen molar-refractivity contribution in [3.63, 3.8) is 0 Å². The number of amides is 1. The van der Waals surface area contributed by atoms with E-state index in [0.29, 0.717) is 18.7 Å². The molecular formula is C26H30N2O3. The number of carbonyl (C=O) groups excluding carboxylic acids is 1. The molecule has 0 spiro atoms. The van der Waals surface area contributed by atoms with Gasteiger partial charge in [-0.15, -0.1) is 0 Å². The fourth-order valence-corrected chi connectivity index (χ4v) is 3.71. The van der Waals surface area contributed by atoms with Crippen molar-refractivity contribution in [2.45, 2.75) is 38.5 Å². The van der Waals surface area contributed by atoms with Crippen molar-refractivity contribution in [2.75, 3.05) is 6.54 Å². The molecule has 3 rings (SSSR count). The number of benzene rings is 3. The van der Waals surface area contributed by atoms with Gasteiger partial charge in [-0.25, -0.2) is 0 Å². The van der Waals surface area contributed by atoms with Gasteiger partial charge in [0.05, 0.1) is 11.7 Å². The maximum absolute atomic E-state index is 11.6. The minimum Gasteiger partial charge on any atom is -0.507 e. The van der Waals surface area contributed by atoms with E-state index in [2.05, 4.69) is 36.1 Å². The zero-order chi connectivity index (χ0) is 22.2. The number of aromatic hydroxyl groups is 1.